The molecular weight excluding hydrogens is 276 g/mol. The van der Waals surface area contributed by atoms with Crippen molar-refractivity contribution in [1.82, 2.24) is 19.7 Å². The lowest BCUT2D eigenvalue weighted by atomic mass is 10.1. The number of thiazole rings is 1. The van der Waals surface area contributed by atoms with Crippen LogP contribution in [0.3, 0.4) is 0 Å². The molecule has 0 radical (unpaired) electrons. The molecule has 1 aliphatic rings. The van der Waals surface area contributed by atoms with E-state index < -0.39 is 0 Å². The van der Waals surface area contributed by atoms with Crippen LogP contribution in [-0.2, 0) is 17.7 Å². The first-order valence-electron chi connectivity index (χ1n) is 6.57. The van der Waals surface area contributed by atoms with Gasteiger partial charge in [-0.3, -0.25) is 0 Å². The van der Waals surface area contributed by atoms with Gasteiger partial charge in [-0.1, -0.05) is 0 Å². The molecule has 0 atom stereocenters. The van der Waals surface area contributed by atoms with E-state index in [0.717, 1.165) is 35.9 Å². The molecule has 2 aromatic rings. The van der Waals surface area contributed by atoms with Crippen molar-refractivity contribution in [3.8, 4) is 5.13 Å². The summed E-state index contributed by atoms with van der Waals surface area (Å²) in [5.41, 5.74) is 2.46. The van der Waals surface area contributed by atoms with Gasteiger partial charge in [-0.05, 0) is 14.0 Å². The van der Waals surface area contributed by atoms with Crippen molar-refractivity contribution in [3.63, 3.8) is 0 Å². The Balaban J connectivity index is 2.09. The third kappa shape index (κ3) is 2.23. The van der Waals surface area contributed by atoms with Crippen molar-refractivity contribution >= 4 is 17.3 Å². The van der Waals surface area contributed by atoms with Gasteiger partial charge in [-0.15, -0.1) is 11.3 Å². The van der Waals surface area contributed by atoms with Crippen LogP contribution >= 0.6 is 11.3 Å². The maximum atomic E-state index is 12.1. The third-order valence-corrected chi connectivity index (χ3v) is 4.06. The Kier molecular flexibility index (Phi) is 3.54. The first-order chi connectivity index (χ1) is 9.70. The quantitative estimate of drug-likeness (QED) is 0.802. The fraction of sp³-hybridized carbons (Fsp3) is 0.462. The number of rotatable bonds is 3. The lowest BCUT2D eigenvalue weighted by Gasteiger charge is -2.22. The molecule has 0 saturated carbocycles. The molecule has 7 heteroatoms. The van der Waals surface area contributed by atoms with Gasteiger partial charge in [0.1, 0.15) is 0 Å². The van der Waals surface area contributed by atoms with Crippen LogP contribution in [-0.4, -0.2) is 45.8 Å². The number of carbonyl (C=O) groups is 1. The fourth-order valence-electron chi connectivity index (χ4n) is 2.40. The number of likely N-dealkylation sites (N-methyl/N-ethyl adjacent to an activating group) is 1. The third-order valence-electron chi connectivity index (χ3n) is 3.32. The molecule has 2 aromatic heterocycles. The molecule has 3 rings (SSSR count). The van der Waals surface area contributed by atoms with E-state index in [0.29, 0.717) is 12.3 Å². The smallest absolute Gasteiger partial charge is 0.359 e. The summed E-state index contributed by atoms with van der Waals surface area (Å²) < 4.78 is 6.90. The number of carbonyl (C=O) groups excluding carboxylic acids is 1. The van der Waals surface area contributed by atoms with Crippen LogP contribution in [0.25, 0.3) is 5.13 Å². The molecule has 0 fully saturated rings. The Hall–Kier alpha value is -1.73. The van der Waals surface area contributed by atoms with Crippen LogP contribution in [0.4, 0.5) is 0 Å². The Labute approximate surface area is 121 Å². The molecule has 0 aromatic carbocycles. The summed E-state index contributed by atoms with van der Waals surface area (Å²) in [7, 11) is 2.04. The molecule has 0 aliphatic carbocycles. The molecular formula is C13H16N4O2S. The number of hydrogen-bond donors (Lipinski definition) is 0. The highest BCUT2D eigenvalue weighted by Crippen LogP contribution is 2.26. The van der Waals surface area contributed by atoms with Crippen LogP contribution in [0.5, 0.6) is 0 Å². The second kappa shape index (κ2) is 5.34. The van der Waals surface area contributed by atoms with Gasteiger partial charge >= 0.3 is 5.97 Å². The van der Waals surface area contributed by atoms with Crippen molar-refractivity contribution in [2.24, 2.45) is 0 Å². The van der Waals surface area contributed by atoms with E-state index in [1.54, 1.807) is 17.8 Å². The van der Waals surface area contributed by atoms with Crippen molar-refractivity contribution in [1.29, 1.82) is 0 Å². The molecule has 0 amide bonds. The predicted molar refractivity (Wildman–Crippen MR) is 75.2 cm³/mol. The summed E-state index contributed by atoms with van der Waals surface area (Å²) in [6.45, 7) is 3.82. The number of fused-ring (bicyclic) bond motifs is 1. The summed E-state index contributed by atoms with van der Waals surface area (Å²) in [5, 5.41) is 7.15. The van der Waals surface area contributed by atoms with Crippen molar-refractivity contribution in [3.05, 3.63) is 28.5 Å². The molecule has 6 nitrogen and oxygen atoms in total. The Morgan fingerprint density at radius 2 is 2.40 bits per heavy atom. The first kappa shape index (κ1) is 13.3. The summed E-state index contributed by atoms with van der Waals surface area (Å²) in [6, 6.07) is 0. The lowest BCUT2D eigenvalue weighted by molar-refractivity contribution is 0.0516. The van der Waals surface area contributed by atoms with Gasteiger partial charge in [0.2, 0.25) is 5.13 Å². The molecule has 0 bridgehead atoms. The van der Waals surface area contributed by atoms with E-state index in [4.69, 9.17) is 4.74 Å². The van der Waals surface area contributed by atoms with Gasteiger partial charge < -0.3 is 9.64 Å². The van der Waals surface area contributed by atoms with E-state index >= 15 is 0 Å². The summed E-state index contributed by atoms with van der Waals surface area (Å²) in [5.74, 6) is -0.352. The van der Waals surface area contributed by atoms with E-state index in [2.05, 4.69) is 15.0 Å². The highest BCUT2D eigenvalue weighted by molar-refractivity contribution is 7.12. The largest absolute Gasteiger partial charge is 0.461 e. The normalized spacial score (nSPS) is 15.1. The second-order valence-corrected chi connectivity index (χ2v) is 5.58. The Morgan fingerprint density at radius 3 is 3.10 bits per heavy atom. The number of nitrogens with zero attached hydrogens (tertiary/aromatic N) is 4. The maximum absolute atomic E-state index is 12.1. The Morgan fingerprint density at radius 1 is 1.55 bits per heavy atom. The average Bonchev–Trinajstić information content (AvgIpc) is 3.04. The maximum Gasteiger partial charge on any atom is 0.359 e. The van der Waals surface area contributed by atoms with Crippen LogP contribution < -0.4 is 0 Å². The fourth-order valence-corrected chi connectivity index (χ4v) is 3.01. The molecule has 1 aliphatic heterocycles. The minimum atomic E-state index is -0.352. The minimum Gasteiger partial charge on any atom is -0.461 e. The number of ether oxygens (including phenoxy) is 1. The lowest BCUT2D eigenvalue weighted by Crippen LogP contribution is -2.28. The Bertz CT molecular complexity index is 621. The number of esters is 1. The van der Waals surface area contributed by atoms with Crippen LogP contribution in [0.2, 0.25) is 0 Å². The zero-order valence-corrected chi connectivity index (χ0v) is 12.3. The standard InChI is InChI=1S/C13H16N4O2S/c1-3-19-12(18)11-9-8-16(2)6-4-10(9)17(15-11)13-14-5-7-20-13/h5,7H,3-4,6,8H2,1-2H3. The van der Waals surface area contributed by atoms with Gasteiger partial charge in [-0.2, -0.15) is 5.10 Å². The highest BCUT2D eigenvalue weighted by atomic mass is 32.1. The minimum absolute atomic E-state index is 0.352. The first-order valence-corrected chi connectivity index (χ1v) is 7.45. The molecule has 0 N–H and O–H groups in total. The van der Waals surface area contributed by atoms with Gasteiger partial charge in [0.15, 0.2) is 5.69 Å². The zero-order valence-electron chi connectivity index (χ0n) is 11.5. The van der Waals surface area contributed by atoms with Gasteiger partial charge in [0.25, 0.3) is 0 Å². The second-order valence-electron chi connectivity index (χ2n) is 4.71. The van der Waals surface area contributed by atoms with E-state index in [-0.39, 0.29) is 5.97 Å². The number of hydrogen-bond acceptors (Lipinski definition) is 6. The molecule has 20 heavy (non-hydrogen) atoms. The summed E-state index contributed by atoms with van der Waals surface area (Å²) in [6.07, 6.45) is 2.60. The number of aromatic nitrogens is 3. The monoisotopic (exact) mass is 292 g/mol. The van der Waals surface area contributed by atoms with Gasteiger partial charge in [0.05, 0.1) is 12.3 Å². The van der Waals surface area contributed by atoms with E-state index in [1.807, 2.05) is 12.4 Å². The topological polar surface area (TPSA) is 60.2 Å². The zero-order chi connectivity index (χ0) is 14.1. The van der Waals surface area contributed by atoms with Crippen molar-refractivity contribution < 1.29 is 9.53 Å². The highest BCUT2D eigenvalue weighted by Gasteiger charge is 2.28. The summed E-state index contributed by atoms with van der Waals surface area (Å²) >= 11 is 1.51. The van der Waals surface area contributed by atoms with E-state index in [1.165, 1.54) is 11.3 Å². The van der Waals surface area contributed by atoms with Crippen LogP contribution in [0.15, 0.2) is 11.6 Å². The average molecular weight is 292 g/mol. The SMILES string of the molecule is CCOC(=O)c1nn(-c2nccs2)c2c1CN(C)CC2. The van der Waals surface area contributed by atoms with Gasteiger partial charge in [-0.25, -0.2) is 14.5 Å². The molecule has 0 unspecified atom stereocenters. The molecule has 3 heterocycles. The molecule has 106 valence electrons. The molecule has 0 saturated heterocycles. The molecule has 0 spiro atoms. The van der Waals surface area contributed by atoms with Crippen molar-refractivity contribution in [2.45, 2.75) is 19.9 Å². The van der Waals surface area contributed by atoms with Crippen molar-refractivity contribution in [2.75, 3.05) is 20.2 Å². The predicted octanol–water partition coefficient (Wildman–Crippen LogP) is 1.49. The van der Waals surface area contributed by atoms with Crippen LogP contribution in [0, 0.1) is 0 Å². The van der Waals surface area contributed by atoms with Gasteiger partial charge in [0, 0.05) is 36.7 Å². The van der Waals surface area contributed by atoms with E-state index in [9.17, 15) is 4.79 Å². The van der Waals surface area contributed by atoms with Crippen LogP contribution in [0.1, 0.15) is 28.7 Å². The summed E-state index contributed by atoms with van der Waals surface area (Å²) in [4.78, 5) is 18.5.